The zero-order valence-corrected chi connectivity index (χ0v) is 10.7. The molecule has 21 heavy (non-hydrogen) atoms. The molecule has 4 atom stereocenters. The van der Waals surface area contributed by atoms with Crippen LogP contribution in [0.1, 0.15) is 11.8 Å². The Balaban J connectivity index is 2.37. The number of aliphatic hydroxyl groups is 3. The molecular weight excluding hydrogens is 288 g/mol. The molecule has 2 rings (SSSR count). The van der Waals surface area contributed by atoms with Gasteiger partial charge in [-0.3, -0.25) is 19.1 Å². The lowest BCUT2D eigenvalue weighted by Gasteiger charge is -2.17. The lowest BCUT2D eigenvalue weighted by atomic mass is 10.1. The number of rotatable bonds is 5. The maximum Gasteiger partial charge on any atom is 0.330 e. The van der Waals surface area contributed by atoms with Crippen LogP contribution in [0, 0.1) is 0 Å². The van der Waals surface area contributed by atoms with Crippen molar-refractivity contribution in [3.63, 3.8) is 0 Å². The van der Waals surface area contributed by atoms with E-state index >= 15 is 0 Å². The molecule has 0 aliphatic carbocycles. The smallest absolute Gasteiger partial charge is 0.330 e. The van der Waals surface area contributed by atoms with Gasteiger partial charge >= 0.3 is 5.69 Å². The number of carbonyl (C=O) groups excluding carboxylic acids is 1. The van der Waals surface area contributed by atoms with Gasteiger partial charge in [0.1, 0.15) is 24.9 Å². The van der Waals surface area contributed by atoms with Crippen molar-refractivity contribution in [3.8, 4) is 0 Å². The average Bonchev–Trinajstić information content (AvgIpc) is 2.74. The summed E-state index contributed by atoms with van der Waals surface area (Å²) in [6, 6.07) is 0. The van der Waals surface area contributed by atoms with Gasteiger partial charge in [-0.25, -0.2) is 4.79 Å². The van der Waals surface area contributed by atoms with Crippen LogP contribution in [-0.2, 0) is 20.9 Å². The summed E-state index contributed by atoms with van der Waals surface area (Å²) < 4.78 is 10.5. The number of H-pyrrole nitrogens is 1. The van der Waals surface area contributed by atoms with Crippen molar-refractivity contribution in [1.82, 2.24) is 9.55 Å². The van der Waals surface area contributed by atoms with E-state index in [1.165, 1.54) is 0 Å². The average molecular weight is 302 g/mol. The van der Waals surface area contributed by atoms with E-state index in [0.717, 1.165) is 10.8 Å². The molecule has 0 bridgehead atoms. The first-order valence-electron chi connectivity index (χ1n) is 6.01. The van der Waals surface area contributed by atoms with E-state index in [1.807, 2.05) is 4.98 Å². The zero-order chi connectivity index (χ0) is 15.6. The SMILES string of the molecule is O=COCc1cn([C@H]2O[C@@H](CO)C(O)C2O)c(=O)[nH]c1=O. The van der Waals surface area contributed by atoms with Crippen molar-refractivity contribution in [2.24, 2.45) is 0 Å². The van der Waals surface area contributed by atoms with Crippen LogP contribution in [0.4, 0.5) is 0 Å². The molecule has 1 aromatic heterocycles. The van der Waals surface area contributed by atoms with E-state index < -0.39 is 42.4 Å². The number of nitrogens with one attached hydrogen (secondary N) is 1. The third-order valence-corrected chi connectivity index (χ3v) is 3.14. The van der Waals surface area contributed by atoms with Crippen molar-refractivity contribution < 1.29 is 29.6 Å². The summed E-state index contributed by atoms with van der Waals surface area (Å²) in [6.07, 6.45) is -4.13. The third kappa shape index (κ3) is 2.88. The molecule has 10 nitrogen and oxygen atoms in total. The van der Waals surface area contributed by atoms with E-state index in [1.54, 1.807) is 0 Å². The van der Waals surface area contributed by atoms with Gasteiger partial charge < -0.3 is 24.8 Å². The number of aromatic nitrogens is 2. The highest BCUT2D eigenvalue weighted by atomic mass is 16.6. The molecule has 1 aliphatic heterocycles. The molecule has 10 heteroatoms. The van der Waals surface area contributed by atoms with E-state index in [-0.39, 0.29) is 18.6 Å². The largest absolute Gasteiger partial charge is 0.463 e. The Bertz CT molecular complexity index is 623. The molecule has 0 spiro atoms. The molecule has 0 amide bonds. The van der Waals surface area contributed by atoms with E-state index in [2.05, 4.69) is 4.74 Å². The molecule has 4 N–H and O–H groups in total. The van der Waals surface area contributed by atoms with Crippen LogP contribution in [0.5, 0.6) is 0 Å². The van der Waals surface area contributed by atoms with Crippen LogP contribution in [0.15, 0.2) is 15.8 Å². The van der Waals surface area contributed by atoms with Gasteiger partial charge in [0, 0.05) is 6.20 Å². The Morgan fingerprint density at radius 1 is 1.38 bits per heavy atom. The fourth-order valence-corrected chi connectivity index (χ4v) is 2.05. The third-order valence-electron chi connectivity index (χ3n) is 3.14. The molecule has 2 unspecified atom stereocenters. The molecule has 1 aromatic rings. The topological polar surface area (TPSA) is 151 Å². The zero-order valence-electron chi connectivity index (χ0n) is 10.7. The molecule has 1 fully saturated rings. The second kappa shape index (κ2) is 6.18. The molecule has 0 radical (unpaired) electrons. The highest BCUT2D eigenvalue weighted by molar-refractivity contribution is 5.37. The lowest BCUT2D eigenvalue weighted by molar-refractivity contribution is -0.129. The summed E-state index contributed by atoms with van der Waals surface area (Å²) in [5, 5.41) is 28.5. The monoisotopic (exact) mass is 302 g/mol. The van der Waals surface area contributed by atoms with Crippen LogP contribution in [0.3, 0.4) is 0 Å². The molecule has 1 saturated heterocycles. The molecule has 1 aliphatic rings. The Morgan fingerprint density at radius 3 is 2.67 bits per heavy atom. The lowest BCUT2D eigenvalue weighted by Crippen LogP contribution is -2.39. The van der Waals surface area contributed by atoms with Crippen LogP contribution in [0.25, 0.3) is 0 Å². The minimum absolute atomic E-state index is 0.0422. The number of nitrogens with zero attached hydrogens (tertiary/aromatic N) is 1. The van der Waals surface area contributed by atoms with Gasteiger partial charge in [0.05, 0.1) is 12.2 Å². The minimum Gasteiger partial charge on any atom is -0.463 e. The van der Waals surface area contributed by atoms with Crippen LogP contribution in [-0.4, -0.2) is 56.3 Å². The van der Waals surface area contributed by atoms with Crippen molar-refractivity contribution >= 4 is 6.47 Å². The molecule has 116 valence electrons. The quantitative estimate of drug-likeness (QED) is 0.416. The number of aromatic amines is 1. The van der Waals surface area contributed by atoms with Gasteiger partial charge in [-0.1, -0.05) is 0 Å². The van der Waals surface area contributed by atoms with Gasteiger partial charge in [-0.05, 0) is 0 Å². The minimum atomic E-state index is -1.47. The normalized spacial score (nSPS) is 28.5. The predicted octanol–water partition coefficient (Wildman–Crippen LogP) is -3.18. The summed E-state index contributed by atoms with van der Waals surface area (Å²) in [5.41, 5.74) is -1.66. The first-order chi connectivity index (χ1) is 9.99. The Labute approximate surface area is 117 Å². The maximum absolute atomic E-state index is 11.8. The Morgan fingerprint density at radius 2 is 2.10 bits per heavy atom. The standard InChI is InChI=1S/C11H14N2O8/c14-2-6-7(16)8(17)10(21-6)13-1-5(3-20-4-15)9(18)12-11(13)19/h1,4,6-8,10,14,16-17H,2-3H2,(H,12,18,19)/t6-,7?,8?,10-/m0/s1. The van der Waals surface area contributed by atoms with Gasteiger partial charge in [0.2, 0.25) is 0 Å². The number of hydrogen-bond acceptors (Lipinski definition) is 8. The van der Waals surface area contributed by atoms with Crippen LogP contribution >= 0.6 is 0 Å². The number of aliphatic hydroxyl groups excluding tert-OH is 3. The van der Waals surface area contributed by atoms with Gasteiger partial charge in [-0.2, -0.15) is 0 Å². The second-order valence-corrected chi connectivity index (χ2v) is 4.46. The fraction of sp³-hybridized carbons (Fsp3) is 0.545. The van der Waals surface area contributed by atoms with Crippen molar-refractivity contribution in [3.05, 3.63) is 32.6 Å². The first-order valence-corrected chi connectivity index (χ1v) is 6.01. The summed E-state index contributed by atoms with van der Waals surface area (Å²) in [4.78, 5) is 35.4. The van der Waals surface area contributed by atoms with Gasteiger partial charge in [0.25, 0.3) is 12.0 Å². The second-order valence-electron chi connectivity index (χ2n) is 4.46. The summed E-state index contributed by atoms with van der Waals surface area (Å²) in [7, 11) is 0. The van der Waals surface area contributed by atoms with Crippen molar-refractivity contribution in [1.29, 1.82) is 0 Å². The number of carbonyl (C=O) groups is 1. The molecule has 0 aromatic carbocycles. The highest BCUT2D eigenvalue weighted by Gasteiger charge is 2.43. The van der Waals surface area contributed by atoms with E-state index in [9.17, 15) is 24.6 Å². The molecular formula is C11H14N2O8. The van der Waals surface area contributed by atoms with Crippen molar-refractivity contribution in [2.45, 2.75) is 31.1 Å². The maximum atomic E-state index is 11.8. The molecule has 0 saturated carbocycles. The number of ether oxygens (including phenoxy) is 2. The Kier molecular flexibility index (Phi) is 4.53. The summed E-state index contributed by atoms with van der Waals surface area (Å²) in [5.74, 6) is 0. The van der Waals surface area contributed by atoms with Crippen LogP contribution < -0.4 is 11.2 Å². The Hall–Kier alpha value is -2.01. The van der Waals surface area contributed by atoms with Crippen LogP contribution in [0.2, 0.25) is 0 Å². The van der Waals surface area contributed by atoms with E-state index in [4.69, 9.17) is 9.84 Å². The molecule has 2 heterocycles. The first kappa shape index (κ1) is 15.4. The van der Waals surface area contributed by atoms with Gasteiger partial charge in [0.15, 0.2) is 6.23 Å². The highest BCUT2D eigenvalue weighted by Crippen LogP contribution is 2.27. The predicted molar refractivity (Wildman–Crippen MR) is 65.2 cm³/mol. The fourth-order valence-electron chi connectivity index (χ4n) is 2.05. The van der Waals surface area contributed by atoms with E-state index in [0.29, 0.717) is 0 Å². The van der Waals surface area contributed by atoms with Crippen molar-refractivity contribution in [2.75, 3.05) is 6.61 Å². The van der Waals surface area contributed by atoms with Gasteiger partial charge in [-0.15, -0.1) is 0 Å². The summed E-state index contributed by atoms with van der Waals surface area (Å²) >= 11 is 0. The summed E-state index contributed by atoms with van der Waals surface area (Å²) in [6.45, 7) is -0.775. The number of hydrogen-bond donors (Lipinski definition) is 4.